The van der Waals surface area contributed by atoms with E-state index in [1.54, 1.807) is 11.3 Å². The van der Waals surface area contributed by atoms with Crippen LogP contribution in [0.5, 0.6) is 0 Å². The maximum absolute atomic E-state index is 5.66. The first-order valence-electron chi connectivity index (χ1n) is 5.95. The topological polar surface area (TPSA) is 34.1 Å². The Hall–Kier alpha value is -0.450. The number of hydrogen-bond acceptors (Lipinski definition) is 4. The van der Waals surface area contributed by atoms with Gasteiger partial charge >= 0.3 is 0 Å². The molecular formula is C12H22N2OS. The largest absolute Gasteiger partial charge is 0.377 e. The Kier molecular flexibility index (Phi) is 6.61. The zero-order valence-corrected chi connectivity index (χ0v) is 11.2. The molecule has 0 fully saturated rings. The van der Waals surface area contributed by atoms with Crippen molar-refractivity contribution in [2.75, 3.05) is 13.2 Å². The first-order chi connectivity index (χ1) is 7.72. The van der Waals surface area contributed by atoms with Gasteiger partial charge in [0.25, 0.3) is 0 Å². The van der Waals surface area contributed by atoms with Gasteiger partial charge < -0.3 is 10.1 Å². The quantitative estimate of drug-likeness (QED) is 0.760. The molecule has 0 aliphatic heterocycles. The summed E-state index contributed by atoms with van der Waals surface area (Å²) in [5, 5.41) is 6.71. The molecule has 0 saturated heterocycles. The normalized spacial score (nSPS) is 13.2. The standard InChI is InChI=1S/C12H22N2OS/c1-4-5-13-11(9-15-10(2)3)8-12-14-6-7-16-12/h6-7,10-11,13H,4-5,8-9H2,1-3H3. The average Bonchev–Trinajstić information content (AvgIpc) is 2.74. The molecular weight excluding hydrogens is 220 g/mol. The molecule has 92 valence electrons. The molecule has 0 aromatic carbocycles. The molecule has 0 radical (unpaired) electrons. The van der Waals surface area contributed by atoms with Gasteiger partial charge in [0.1, 0.15) is 0 Å². The van der Waals surface area contributed by atoms with E-state index in [4.69, 9.17) is 4.74 Å². The van der Waals surface area contributed by atoms with Gasteiger partial charge in [0.15, 0.2) is 0 Å². The summed E-state index contributed by atoms with van der Waals surface area (Å²) in [5.74, 6) is 0. The van der Waals surface area contributed by atoms with E-state index in [0.29, 0.717) is 12.1 Å². The van der Waals surface area contributed by atoms with Crippen LogP contribution in [0.25, 0.3) is 0 Å². The summed E-state index contributed by atoms with van der Waals surface area (Å²) in [6, 6.07) is 0.383. The van der Waals surface area contributed by atoms with Crippen molar-refractivity contribution >= 4 is 11.3 Å². The first-order valence-corrected chi connectivity index (χ1v) is 6.83. The molecule has 1 aromatic rings. The van der Waals surface area contributed by atoms with Gasteiger partial charge in [0.2, 0.25) is 0 Å². The van der Waals surface area contributed by atoms with Gasteiger partial charge in [-0.1, -0.05) is 6.92 Å². The van der Waals surface area contributed by atoms with E-state index < -0.39 is 0 Å². The molecule has 0 aliphatic carbocycles. The maximum atomic E-state index is 5.66. The fourth-order valence-corrected chi connectivity index (χ4v) is 2.11. The molecule has 0 saturated carbocycles. The van der Waals surface area contributed by atoms with Crippen molar-refractivity contribution in [2.24, 2.45) is 0 Å². The number of aromatic nitrogens is 1. The van der Waals surface area contributed by atoms with Gasteiger partial charge in [0.05, 0.1) is 17.7 Å². The van der Waals surface area contributed by atoms with Crippen LogP contribution in [0.4, 0.5) is 0 Å². The van der Waals surface area contributed by atoms with Gasteiger partial charge in [-0.3, -0.25) is 0 Å². The molecule has 1 heterocycles. The Morgan fingerprint density at radius 1 is 1.50 bits per heavy atom. The zero-order chi connectivity index (χ0) is 11.8. The minimum absolute atomic E-state index is 0.294. The highest BCUT2D eigenvalue weighted by Crippen LogP contribution is 2.08. The van der Waals surface area contributed by atoms with Gasteiger partial charge in [-0.15, -0.1) is 11.3 Å². The molecule has 0 spiro atoms. The van der Waals surface area contributed by atoms with Crippen molar-refractivity contribution < 1.29 is 4.74 Å². The Morgan fingerprint density at radius 3 is 2.88 bits per heavy atom. The third-order valence-electron chi connectivity index (χ3n) is 2.22. The van der Waals surface area contributed by atoms with E-state index in [-0.39, 0.29) is 0 Å². The summed E-state index contributed by atoms with van der Waals surface area (Å²) >= 11 is 1.71. The molecule has 1 N–H and O–H groups in total. The lowest BCUT2D eigenvalue weighted by atomic mass is 10.2. The Morgan fingerprint density at radius 2 is 2.31 bits per heavy atom. The maximum Gasteiger partial charge on any atom is 0.0941 e. The summed E-state index contributed by atoms with van der Waals surface area (Å²) < 4.78 is 5.66. The Balaban J connectivity index is 2.36. The second-order valence-electron chi connectivity index (χ2n) is 4.16. The number of nitrogens with one attached hydrogen (secondary N) is 1. The van der Waals surface area contributed by atoms with E-state index in [1.165, 1.54) is 5.01 Å². The Labute approximate surface area is 102 Å². The molecule has 0 amide bonds. The number of hydrogen-bond donors (Lipinski definition) is 1. The van der Waals surface area contributed by atoms with Crippen LogP contribution < -0.4 is 5.32 Å². The van der Waals surface area contributed by atoms with Crippen molar-refractivity contribution in [1.29, 1.82) is 0 Å². The van der Waals surface area contributed by atoms with Crippen LogP contribution >= 0.6 is 11.3 Å². The minimum atomic E-state index is 0.294. The lowest BCUT2D eigenvalue weighted by Crippen LogP contribution is -2.36. The van der Waals surface area contributed by atoms with E-state index in [2.05, 4.69) is 31.1 Å². The summed E-state index contributed by atoms with van der Waals surface area (Å²) in [6.45, 7) is 8.12. The SMILES string of the molecule is CCCNC(COC(C)C)Cc1nccs1. The molecule has 0 bridgehead atoms. The van der Waals surface area contributed by atoms with Gasteiger partial charge in [-0.25, -0.2) is 4.98 Å². The van der Waals surface area contributed by atoms with Crippen LogP contribution in [0.1, 0.15) is 32.2 Å². The summed E-state index contributed by atoms with van der Waals surface area (Å²) in [7, 11) is 0. The van der Waals surface area contributed by atoms with Crippen molar-refractivity contribution in [1.82, 2.24) is 10.3 Å². The third-order valence-corrected chi connectivity index (χ3v) is 3.02. The molecule has 3 nitrogen and oxygen atoms in total. The van der Waals surface area contributed by atoms with Crippen LogP contribution in [0.15, 0.2) is 11.6 Å². The van der Waals surface area contributed by atoms with Crippen molar-refractivity contribution in [3.63, 3.8) is 0 Å². The summed E-state index contributed by atoms with van der Waals surface area (Å²) in [4.78, 5) is 4.31. The fourth-order valence-electron chi connectivity index (χ4n) is 1.41. The van der Waals surface area contributed by atoms with E-state index in [0.717, 1.165) is 26.0 Å². The molecule has 1 rings (SSSR count). The number of ether oxygens (including phenoxy) is 1. The van der Waals surface area contributed by atoms with E-state index >= 15 is 0 Å². The van der Waals surface area contributed by atoms with Crippen LogP contribution in [0.2, 0.25) is 0 Å². The molecule has 16 heavy (non-hydrogen) atoms. The highest BCUT2D eigenvalue weighted by atomic mass is 32.1. The van der Waals surface area contributed by atoms with E-state index in [1.807, 2.05) is 11.6 Å². The van der Waals surface area contributed by atoms with Crippen molar-refractivity contribution in [3.05, 3.63) is 16.6 Å². The molecule has 0 aliphatic rings. The monoisotopic (exact) mass is 242 g/mol. The highest BCUT2D eigenvalue weighted by molar-refractivity contribution is 7.09. The minimum Gasteiger partial charge on any atom is -0.377 e. The predicted octanol–water partition coefficient (Wildman–Crippen LogP) is 2.48. The Bertz CT molecular complexity index is 262. The van der Waals surface area contributed by atoms with Crippen LogP contribution in [-0.2, 0) is 11.2 Å². The van der Waals surface area contributed by atoms with Gasteiger partial charge in [-0.05, 0) is 26.8 Å². The van der Waals surface area contributed by atoms with Crippen LogP contribution in [-0.4, -0.2) is 30.3 Å². The molecule has 4 heteroatoms. The molecule has 1 aromatic heterocycles. The lowest BCUT2D eigenvalue weighted by molar-refractivity contribution is 0.0613. The van der Waals surface area contributed by atoms with Gasteiger partial charge in [-0.2, -0.15) is 0 Å². The second-order valence-corrected chi connectivity index (χ2v) is 5.14. The van der Waals surface area contributed by atoms with Crippen LogP contribution in [0.3, 0.4) is 0 Å². The highest BCUT2D eigenvalue weighted by Gasteiger charge is 2.11. The summed E-state index contributed by atoms with van der Waals surface area (Å²) in [5.41, 5.74) is 0. The predicted molar refractivity (Wildman–Crippen MR) is 69.0 cm³/mol. The lowest BCUT2D eigenvalue weighted by Gasteiger charge is -2.19. The smallest absolute Gasteiger partial charge is 0.0941 e. The number of nitrogens with zero attached hydrogens (tertiary/aromatic N) is 1. The second kappa shape index (κ2) is 7.76. The van der Waals surface area contributed by atoms with Gasteiger partial charge in [0, 0.05) is 24.0 Å². The van der Waals surface area contributed by atoms with Crippen molar-refractivity contribution in [3.8, 4) is 0 Å². The fraction of sp³-hybridized carbons (Fsp3) is 0.750. The average molecular weight is 242 g/mol. The number of thiazole rings is 1. The van der Waals surface area contributed by atoms with Crippen LogP contribution in [0, 0.1) is 0 Å². The molecule has 1 unspecified atom stereocenters. The zero-order valence-electron chi connectivity index (χ0n) is 10.4. The van der Waals surface area contributed by atoms with Crippen molar-refractivity contribution in [2.45, 2.75) is 45.8 Å². The first kappa shape index (κ1) is 13.6. The summed E-state index contributed by atoms with van der Waals surface area (Å²) in [6.07, 6.45) is 4.27. The third kappa shape index (κ3) is 5.58. The molecule has 1 atom stereocenters. The number of rotatable bonds is 8. The van der Waals surface area contributed by atoms with E-state index in [9.17, 15) is 0 Å².